The number of hydrogen-bond acceptors (Lipinski definition) is 5. The topological polar surface area (TPSA) is 106 Å². The Morgan fingerprint density at radius 3 is 2.69 bits per heavy atom. The van der Waals surface area contributed by atoms with Crippen molar-refractivity contribution >= 4 is 28.5 Å². The van der Waals surface area contributed by atoms with Crippen molar-refractivity contribution in [3.8, 4) is 0 Å². The molecule has 0 unspecified atom stereocenters. The number of aromatic amines is 1. The average Bonchev–Trinajstić information content (AvgIpc) is 3.22. The zero-order valence-corrected chi connectivity index (χ0v) is 17.1. The molecule has 3 N–H and O–H groups in total. The molecule has 8 nitrogen and oxygen atoms in total. The molecule has 1 amide bonds. The summed E-state index contributed by atoms with van der Waals surface area (Å²) in [4.78, 5) is 23.4. The number of rotatable bonds is 3. The Balaban J connectivity index is 1.50. The van der Waals surface area contributed by atoms with Crippen molar-refractivity contribution in [2.75, 3.05) is 26.2 Å². The van der Waals surface area contributed by atoms with E-state index in [1.54, 1.807) is 11.8 Å². The summed E-state index contributed by atoms with van der Waals surface area (Å²) < 4.78 is 5.07. The molecule has 0 aliphatic carbocycles. The van der Waals surface area contributed by atoms with Gasteiger partial charge in [-0.15, -0.1) is 0 Å². The van der Waals surface area contributed by atoms with Gasteiger partial charge in [-0.3, -0.25) is 5.41 Å². The van der Waals surface area contributed by atoms with Gasteiger partial charge in [-0.25, -0.2) is 9.78 Å². The molecule has 3 heterocycles. The van der Waals surface area contributed by atoms with Gasteiger partial charge in [-0.2, -0.15) is 0 Å². The second-order valence-electron chi connectivity index (χ2n) is 7.75. The number of aliphatic hydroxyl groups is 1. The number of likely N-dealkylation sites (tertiary alicyclic amines) is 1. The summed E-state index contributed by atoms with van der Waals surface area (Å²) in [5.41, 5.74) is 4.52. The molecule has 1 fully saturated rings. The highest BCUT2D eigenvalue weighted by Gasteiger charge is 2.36. The highest BCUT2D eigenvalue weighted by atomic mass is 16.6. The Labute approximate surface area is 169 Å². The molecule has 2 aromatic rings. The number of benzene rings is 1. The quantitative estimate of drug-likeness (QED) is 0.736. The van der Waals surface area contributed by atoms with Crippen LogP contribution in [-0.4, -0.2) is 69.1 Å². The van der Waals surface area contributed by atoms with Crippen molar-refractivity contribution in [3.63, 3.8) is 0 Å². The molecule has 29 heavy (non-hydrogen) atoms. The summed E-state index contributed by atoms with van der Waals surface area (Å²) in [5, 5.41) is 19.3. The van der Waals surface area contributed by atoms with Crippen LogP contribution in [0.3, 0.4) is 0 Å². The molecule has 0 radical (unpaired) electrons. The van der Waals surface area contributed by atoms with E-state index in [1.807, 2.05) is 30.9 Å². The van der Waals surface area contributed by atoms with E-state index in [-0.39, 0.29) is 23.7 Å². The van der Waals surface area contributed by atoms with Crippen LogP contribution in [0.5, 0.6) is 0 Å². The normalized spacial score (nSPS) is 18.2. The zero-order valence-electron chi connectivity index (χ0n) is 17.1. The largest absolute Gasteiger partial charge is 0.510 e. The van der Waals surface area contributed by atoms with Crippen LogP contribution in [0, 0.1) is 19.3 Å². The zero-order chi connectivity index (χ0) is 20.7. The SMILES string of the molecule is CCOC(=O)N1CCC(N2CC(O)=C(c3nc4cc(C)c(C)cc4[nH]3)C2=N)CC1. The number of aliphatic hydroxyl groups excluding tert-OH is 1. The lowest BCUT2D eigenvalue weighted by molar-refractivity contribution is 0.0876. The number of amides is 1. The number of ether oxygens (including phenoxy) is 1. The summed E-state index contributed by atoms with van der Waals surface area (Å²) in [5.74, 6) is 0.971. The minimum Gasteiger partial charge on any atom is -0.510 e. The number of fused-ring (bicyclic) bond motifs is 1. The van der Waals surface area contributed by atoms with Crippen LogP contribution >= 0.6 is 0 Å². The number of nitrogens with one attached hydrogen (secondary N) is 2. The lowest BCUT2D eigenvalue weighted by Gasteiger charge is -2.37. The maximum atomic E-state index is 11.9. The second-order valence-corrected chi connectivity index (χ2v) is 7.75. The number of H-pyrrole nitrogens is 1. The van der Waals surface area contributed by atoms with Gasteiger partial charge in [-0.05, 0) is 56.9 Å². The van der Waals surface area contributed by atoms with E-state index in [2.05, 4.69) is 9.97 Å². The van der Waals surface area contributed by atoms with Crippen LogP contribution in [0.25, 0.3) is 16.6 Å². The van der Waals surface area contributed by atoms with Crippen molar-refractivity contribution in [2.45, 2.75) is 39.7 Å². The summed E-state index contributed by atoms with van der Waals surface area (Å²) in [6, 6.07) is 4.16. The molecule has 0 atom stereocenters. The number of nitrogens with zero attached hydrogens (tertiary/aromatic N) is 3. The van der Waals surface area contributed by atoms with Crippen molar-refractivity contribution in [2.24, 2.45) is 0 Å². The number of amidine groups is 1. The van der Waals surface area contributed by atoms with E-state index in [0.717, 1.165) is 29.4 Å². The third-order valence-corrected chi connectivity index (χ3v) is 5.90. The van der Waals surface area contributed by atoms with E-state index in [4.69, 9.17) is 10.1 Å². The predicted octanol–water partition coefficient (Wildman–Crippen LogP) is 3.36. The maximum absolute atomic E-state index is 11.9. The number of piperidine rings is 1. The van der Waals surface area contributed by atoms with Crippen LogP contribution in [0.2, 0.25) is 0 Å². The van der Waals surface area contributed by atoms with E-state index in [0.29, 0.717) is 37.6 Å². The molecule has 1 saturated heterocycles. The smallest absolute Gasteiger partial charge is 0.409 e. The van der Waals surface area contributed by atoms with Crippen molar-refractivity contribution < 1.29 is 14.6 Å². The molecule has 0 spiro atoms. The minimum atomic E-state index is -0.281. The fourth-order valence-corrected chi connectivity index (χ4v) is 4.12. The lowest BCUT2D eigenvalue weighted by Crippen LogP contribution is -2.47. The van der Waals surface area contributed by atoms with Crippen molar-refractivity contribution in [1.82, 2.24) is 19.8 Å². The van der Waals surface area contributed by atoms with Gasteiger partial charge in [0.25, 0.3) is 0 Å². The average molecular weight is 397 g/mol. The van der Waals surface area contributed by atoms with E-state index >= 15 is 0 Å². The van der Waals surface area contributed by atoms with Crippen LogP contribution in [-0.2, 0) is 4.74 Å². The number of carbonyl (C=O) groups excluding carboxylic acids is 1. The Hall–Kier alpha value is -3.03. The molecular formula is C21H27N5O3. The third-order valence-electron chi connectivity index (χ3n) is 5.90. The first-order valence-electron chi connectivity index (χ1n) is 10.1. The van der Waals surface area contributed by atoms with Crippen LogP contribution in [0.1, 0.15) is 36.7 Å². The monoisotopic (exact) mass is 397 g/mol. The number of aryl methyl sites for hydroxylation is 2. The van der Waals surface area contributed by atoms with Gasteiger partial charge in [0.1, 0.15) is 17.4 Å². The molecule has 1 aromatic carbocycles. The molecule has 2 aliphatic heterocycles. The summed E-state index contributed by atoms with van der Waals surface area (Å²) >= 11 is 0. The van der Waals surface area contributed by atoms with Gasteiger partial charge >= 0.3 is 6.09 Å². The van der Waals surface area contributed by atoms with Crippen molar-refractivity contribution in [3.05, 3.63) is 34.8 Å². The molecule has 8 heteroatoms. The van der Waals surface area contributed by atoms with Gasteiger partial charge in [0.05, 0.1) is 29.8 Å². The van der Waals surface area contributed by atoms with E-state index < -0.39 is 0 Å². The summed E-state index contributed by atoms with van der Waals surface area (Å²) in [6.45, 7) is 7.74. The first-order valence-corrected chi connectivity index (χ1v) is 10.1. The van der Waals surface area contributed by atoms with Gasteiger partial charge in [-0.1, -0.05) is 0 Å². The van der Waals surface area contributed by atoms with Gasteiger partial charge in [0.15, 0.2) is 0 Å². The molecule has 0 bridgehead atoms. The maximum Gasteiger partial charge on any atom is 0.409 e. The highest BCUT2D eigenvalue weighted by molar-refractivity contribution is 6.23. The van der Waals surface area contributed by atoms with Gasteiger partial charge in [0.2, 0.25) is 0 Å². The third kappa shape index (κ3) is 3.43. The van der Waals surface area contributed by atoms with Crippen LogP contribution < -0.4 is 0 Å². The predicted molar refractivity (Wildman–Crippen MR) is 111 cm³/mol. The molecule has 0 saturated carbocycles. The van der Waals surface area contributed by atoms with E-state index in [9.17, 15) is 9.90 Å². The number of aromatic nitrogens is 2. The first-order chi connectivity index (χ1) is 13.9. The molecule has 4 rings (SSSR count). The summed E-state index contributed by atoms with van der Waals surface area (Å²) in [7, 11) is 0. The second kappa shape index (κ2) is 7.42. The first kappa shape index (κ1) is 19.3. The lowest BCUT2D eigenvalue weighted by atomic mass is 10.0. The van der Waals surface area contributed by atoms with Crippen molar-refractivity contribution in [1.29, 1.82) is 5.41 Å². The number of hydrogen-bond donors (Lipinski definition) is 3. The molecular weight excluding hydrogens is 370 g/mol. The van der Waals surface area contributed by atoms with E-state index in [1.165, 1.54) is 5.56 Å². The van der Waals surface area contributed by atoms with Crippen LogP contribution in [0.4, 0.5) is 4.79 Å². The Morgan fingerprint density at radius 1 is 1.31 bits per heavy atom. The standard InChI is InChI=1S/C21H27N5O3/c1-4-29-21(28)25-7-5-14(6-8-25)26-11-17(27)18(19(26)22)20-23-15-9-12(2)13(3)10-16(15)24-20/h9-10,14,22,27H,4-8,11H2,1-3H3,(H,23,24). The Bertz CT molecular complexity index is 962. The minimum absolute atomic E-state index is 0.0988. The highest BCUT2D eigenvalue weighted by Crippen LogP contribution is 2.31. The fraction of sp³-hybridized carbons (Fsp3) is 0.476. The molecule has 1 aromatic heterocycles. The fourth-order valence-electron chi connectivity index (χ4n) is 4.12. The Morgan fingerprint density at radius 2 is 2.00 bits per heavy atom. The Kier molecular flexibility index (Phi) is 4.94. The number of imidazole rings is 1. The summed E-state index contributed by atoms with van der Waals surface area (Å²) in [6.07, 6.45) is 1.19. The number of carbonyl (C=O) groups is 1. The molecule has 2 aliphatic rings. The van der Waals surface area contributed by atoms with Gasteiger partial charge in [0, 0.05) is 19.1 Å². The van der Waals surface area contributed by atoms with Gasteiger partial charge < -0.3 is 24.6 Å². The van der Waals surface area contributed by atoms with Crippen LogP contribution in [0.15, 0.2) is 17.9 Å². The molecule has 154 valence electrons.